The van der Waals surface area contributed by atoms with Gasteiger partial charge in [0.05, 0.1) is 5.25 Å². The van der Waals surface area contributed by atoms with Gasteiger partial charge >= 0.3 is 0 Å². The molecule has 66 valence electrons. The Kier molecular flexibility index (Phi) is 3.75. The van der Waals surface area contributed by atoms with E-state index in [9.17, 15) is 8.42 Å². The summed E-state index contributed by atoms with van der Waals surface area (Å²) in [5.41, 5.74) is 0. The Morgan fingerprint density at radius 1 is 1.55 bits per heavy atom. The van der Waals surface area contributed by atoms with Gasteiger partial charge in [-0.15, -0.1) is 6.58 Å². The number of sulfonamides is 1. The molecule has 2 N–H and O–H groups in total. The third-order valence-electron chi connectivity index (χ3n) is 1.56. The molecule has 0 bridgehead atoms. The lowest BCUT2D eigenvalue weighted by Gasteiger charge is -2.15. The second-order valence-corrected chi connectivity index (χ2v) is 4.68. The SMILES string of the molecule is C=CCC(C(C)C)S(N)(=O)=O. The van der Waals surface area contributed by atoms with Crippen LogP contribution in [0.1, 0.15) is 20.3 Å². The van der Waals surface area contributed by atoms with Gasteiger partial charge in [0.25, 0.3) is 0 Å². The van der Waals surface area contributed by atoms with E-state index in [1.165, 1.54) is 0 Å². The topological polar surface area (TPSA) is 60.2 Å². The Morgan fingerprint density at radius 3 is 2.09 bits per heavy atom. The van der Waals surface area contributed by atoms with E-state index in [0.29, 0.717) is 6.42 Å². The van der Waals surface area contributed by atoms with E-state index < -0.39 is 15.3 Å². The van der Waals surface area contributed by atoms with Gasteiger partial charge in [-0.1, -0.05) is 19.9 Å². The van der Waals surface area contributed by atoms with Gasteiger partial charge in [0.1, 0.15) is 0 Å². The maximum atomic E-state index is 10.9. The van der Waals surface area contributed by atoms with Crippen molar-refractivity contribution in [3.63, 3.8) is 0 Å². The van der Waals surface area contributed by atoms with Gasteiger partial charge in [-0.2, -0.15) is 0 Å². The fourth-order valence-corrected chi connectivity index (χ4v) is 2.11. The Morgan fingerprint density at radius 2 is 2.00 bits per heavy atom. The minimum absolute atomic E-state index is 0.0444. The molecule has 0 radical (unpaired) electrons. The van der Waals surface area contributed by atoms with Crippen LogP contribution < -0.4 is 5.14 Å². The van der Waals surface area contributed by atoms with Crippen molar-refractivity contribution in [3.05, 3.63) is 12.7 Å². The summed E-state index contributed by atoms with van der Waals surface area (Å²) in [5, 5.41) is 4.51. The minimum Gasteiger partial charge on any atom is -0.228 e. The molecule has 0 spiro atoms. The van der Waals surface area contributed by atoms with E-state index in [1.54, 1.807) is 6.08 Å². The van der Waals surface area contributed by atoms with Crippen LogP contribution in [0.4, 0.5) is 0 Å². The smallest absolute Gasteiger partial charge is 0.212 e. The van der Waals surface area contributed by atoms with Crippen molar-refractivity contribution in [1.82, 2.24) is 0 Å². The first-order valence-electron chi connectivity index (χ1n) is 3.52. The van der Waals surface area contributed by atoms with E-state index in [2.05, 4.69) is 6.58 Å². The molecule has 0 aliphatic rings. The number of hydrogen-bond donors (Lipinski definition) is 1. The van der Waals surface area contributed by atoms with Gasteiger partial charge in [-0.25, -0.2) is 13.6 Å². The average molecular weight is 177 g/mol. The van der Waals surface area contributed by atoms with Crippen LogP contribution in [0.25, 0.3) is 0 Å². The molecule has 0 heterocycles. The molecule has 0 aromatic rings. The highest BCUT2D eigenvalue weighted by Gasteiger charge is 2.22. The van der Waals surface area contributed by atoms with Gasteiger partial charge in [-0.05, 0) is 12.3 Å². The molecule has 1 unspecified atom stereocenters. The first-order valence-corrected chi connectivity index (χ1v) is 5.13. The second kappa shape index (κ2) is 3.88. The molecule has 0 fully saturated rings. The molecule has 3 nitrogen and oxygen atoms in total. The van der Waals surface area contributed by atoms with Crippen molar-refractivity contribution in [2.24, 2.45) is 11.1 Å². The van der Waals surface area contributed by atoms with Crippen LogP contribution in [0, 0.1) is 5.92 Å². The summed E-state index contributed by atoms with van der Waals surface area (Å²) >= 11 is 0. The Hall–Kier alpha value is -0.350. The third-order valence-corrected chi connectivity index (χ3v) is 3.15. The lowest BCUT2D eigenvalue weighted by Crippen LogP contribution is -2.32. The fourth-order valence-electron chi connectivity index (χ4n) is 0.950. The normalized spacial score (nSPS) is 14.9. The van der Waals surface area contributed by atoms with Crippen LogP contribution in [0.15, 0.2) is 12.7 Å². The standard InChI is InChI=1S/C7H15NO2S/c1-4-5-7(6(2)3)11(8,9)10/h4,6-7H,1,5H2,2-3H3,(H2,8,9,10). The number of hydrogen-bond acceptors (Lipinski definition) is 2. The molecule has 0 aromatic heterocycles. The van der Waals surface area contributed by atoms with Crippen LogP contribution >= 0.6 is 0 Å². The van der Waals surface area contributed by atoms with E-state index >= 15 is 0 Å². The van der Waals surface area contributed by atoms with Crippen molar-refractivity contribution in [2.45, 2.75) is 25.5 Å². The maximum Gasteiger partial charge on any atom is 0.212 e. The third kappa shape index (κ3) is 3.53. The summed E-state index contributed by atoms with van der Waals surface area (Å²) in [7, 11) is -3.40. The van der Waals surface area contributed by atoms with Gasteiger partial charge in [0.2, 0.25) is 10.0 Å². The fraction of sp³-hybridized carbons (Fsp3) is 0.714. The van der Waals surface area contributed by atoms with Crippen molar-refractivity contribution in [2.75, 3.05) is 0 Å². The number of nitrogens with two attached hydrogens (primary N) is 1. The maximum absolute atomic E-state index is 10.9. The summed E-state index contributed by atoms with van der Waals surface area (Å²) < 4.78 is 21.8. The number of primary sulfonamides is 1. The molecule has 0 aromatic carbocycles. The molecule has 4 heteroatoms. The quantitative estimate of drug-likeness (QED) is 0.648. The van der Waals surface area contributed by atoms with Crippen molar-refractivity contribution >= 4 is 10.0 Å². The summed E-state index contributed by atoms with van der Waals surface area (Å²) in [6.07, 6.45) is 2.01. The minimum atomic E-state index is -3.40. The first-order chi connectivity index (χ1) is 4.89. The molecule has 0 saturated heterocycles. The number of allylic oxidation sites excluding steroid dienone is 1. The molecule has 0 saturated carbocycles. The lowest BCUT2D eigenvalue weighted by atomic mass is 10.1. The van der Waals surface area contributed by atoms with Crippen molar-refractivity contribution < 1.29 is 8.42 Å². The van der Waals surface area contributed by atoms with Gasteiger partial charge in [0, 0.05) is 0 Å². The Labute approximate surface area is 68.3 Å². The first kappa shape index (κ1) is 10.7. The van der Waals surface area contributed by atoms with Crippen molar-refractivity contribution in [1.29, 1.82) is 0 Å². The summed E-state index contributed by atoms with van der Waals surface area (Å²) in [6, 6.07) is 0. The molecule has 11 heavy (non-hydrogen) atoms. The molecule has 0 aliphatic carbocycles. The van der Waals surface area contributed by atoms with Gasteiger partial charge in [-0.3, -0.25) is 0 Å². The summed E-state index contributed by atoms with van der Waals surface area (Å²) in [4.78, 5) is 0. The van der Waals surface area contributed by atoms with E-state index in [0.717, 1.165) is 0 Å². The van der Waals surface area contributed by atoms with Crippen LogP contribution in [0.5, 0.6) is 0 Å². The largest absolute Gasteiger partial charge is 0.228 e. The van der Waals surface area contributed by atoms with Crippen LogP contribution in [0.2, 0.25) is 0 Å². The van der Waals surface area contributed by atoms with Crippen molar-refractivity contribution in [3.8, 4) is 0 Å². The monoisotopic (exact) mass is 177 g/mol. The zero-order valence-electron chi connectivity index (χ0n) is 6.95. The van der Waals surface area contributed by atoms with Gasteiger partial charge in [0.15, 0.2) is 0 Å². The molecular formula is C7H15NO2S. The highest BCUT2D eigenvalue weighted by Crippen LogP contribution is 2.13. The van der Waals surface area contributed by atoms with Crippen LogP contribution in [-0.2, 0) is 10.0 Å². The van der Waals surface area contributed by atoms with Crippen LogP contribution in [-0.4, -0.2) is 13.7 Å². The zero-order valence-corrected chi connectivity index (χ0v) is 7.76. The Bertz CT molecular complexity index is 219. The predicted octanol–water partition coefficient (Wildman–Crippen LogP) is 0.876. The molecular weight excluding hydrogens is 162 g/mol. The molecule has 0 amide bonds. The second-order valence-electron chi connectivity index (χ2n) is 2.90. The molecule has 0 aliphatic heterocycles. The van der Waals surface area contributed by atoms with E-state index in [-0.39, 0.29) is 5.92 Å². The van der Waals surface area contributed by atoms with E-state index in [1.807, 2.05) is 13.8 Å². The summed E-state index contributed by atoms with van der Waals surface area (Å²) in [6.45, 7) is 7.14. The highest BCUT2D eigenvalue weighted by atomic mass is 32.2. The van der Waals surface area contributed by atoms with Crippen LogP contribution in [0.3, 0.4) is 0 Å². The molecule has 0 rings (SSSR count). The average Bonchev–Trinajstić information content (AvgIpc) is 1.79. The molecule has 1 atom stereocenters. The number of rotatable bonds is 4. The predicted molar refractivity (Wildman–Crippen MR) is 46.5 cm³/mol. The van der Waals surface area contributed by atoms with Gasteiger partial charge < -0.3 is 0 Å². The van der Waals surface area contributed by atoms with E-state index in [4.69, 9.17) is 5.14 Å². The summed E-state index contributed by atoms with van der Waals surface area (Å²) in [5.74, 6) is 0.0444. The lowest BCUT2D eigenvalue weighted by molar-refractivity contribution is 0.533. The Balaban J connectivity index is 4.48. The highest BCUT2D eigenvalue weighted by molar-refractivity contribution is 7.89. The zero-order chi connectivity index (χ0) is 9.07.